The predicted molar refractivity (Wildman–Crippen MR) is 83.7 cm³/mol. The molecular formula is C16H18N4O4. The number of furan rings is 1. The zero-order valence-electron chi connectivity index (χ0n) is 13.3. The summed E-state index contributed by atoms with van der Waals surface area (Å²) >= 11 is 0. The molecule has 0 aromatic carbocycles. The highest BCUT2D eigenvalue weighted by Crippen LogP contribution is 2.12. The van der Waals surface area contributed by atoms with E-state index in [1.165, 1.54) is 6.26 Å². The average molecular weight is 330 g/mol. The van der Waals surface area contributed by atoms with Crippen molar-refractivity contribution in [1.82, 2.24) is 20.0 Å². The Hall–Kier alpha value is -2.90. The van der Waals surface area contributed by atoms with E-state index in [0.29, 0.717) is 44.4 Å². The lowest BCUT2D eigenvalue weighted by molar-refractivity contribution is 0.0514. The maximum Gasteiger partial charge on any atom is 0.289 e. The number of hydrogen-bond donors (Lipinski definition) is 0. The third-order valence-corrected chi connectivity index (χ3v) is 3.74. The fourth-order valence-corrected chi connectivity index (χ4v) is 2.49. The van der Waals surface area contributed by atoms with Crippen molar-refractivity contribution in [2.24, 2.45) is 0 Å². The van der Waals surface area contributed by atoms with Crippen LogP contribution in [0.1, 0.15) is 28.0 Å². The molecule has 0 N–H and O–H groups in total. The minimum absolute atomic E-state index is 0.159. The van der Waals surface area contributed by atoms with Crippen molar-refractivity contribution in [3.63, 3.8) is 0 Å². The van der Waals surface area contributed by atoms with E-state index in [-0.39, 0.29) is 17.5 Å². The fraction of sp³-hybridized carbons (Fsp3) is 0.375. The van der Waals surface area contributed by atoms with Gasteiger partial charge in [0, 0.05) is 32.2 Å². The van der Waals surface area contributed by atoms with Gasteiger partial charge in [0.25, 0.3) is 11.8 Å². The van der Waals surface area contributed by atoms with Crippen molar-refractivity contribution in [2.75, 3.05) is 32.8 Å². The predicted octanol–water partition coefficient (Wildman–Crippen LogP) is 1.07. The molecule has 0 bridgehead atoms. The lowest BCUT2D eigenvalue weighted by Crippen LogP contribution is -2.50. The molecule has 0 aliphatic carbocycles. The van der Waals surface area contributed by atoms with Crippen LogP contribution in [0.4, 0.5) is 0 Å². The molecule has 2 aromatic heterocycles. The summed E-state index contributed by atoms with van der Waals surface area (Å²) in [5, 5.41) is 7.77. The number of rotatable bonds is 4. The van der Waals surface area contributed by atoms with Crippen molar-refractivity contribution in [1.29, 1.82) is 0 Å². The maximum atomic E-state index is 12.4. The van der Waals surface area contributed by atoms with E-state index in [4.69, 9.17) is 9.15 Å². The minimum atomic E-state index is -0.198. The second-order valence-corrected chi connectivity index (χ2v) is 5.25. The Kier molecular flexibility index (Phi) is 4.74. The molecule has 1 aliphatic rings. The monoisotopic (exact) mass is 330 g/mol. The maximum absolute atomic E-state index is 12.4. The molecule has 1 aliphatic heterocycles. The van der Waals surface area contributed by atoms with Crippen LogP contribution in [0, 0.1) is 0 Å². The molecule has 24 heavy (non-hydrogen) atoms. The second kappa shape index (κ2) is 7.12. The van der Waals surface area contributed by atoms with Crippen LogP contribution in [0.5, 0.6) is 5.88 Å². The lowest BCUT2D eigenvalue weighted by Gasteiger charge is -2.34. The zero-order chi connectivity index (χ0) is 16.9. The summed E-state index contributed by atoms with van der Waals surface area (Å²) in [5.41, 5.74) is 0.268. The molecule has 8 heteroatoms. The Morgan fingerprint density at radius 2 is 1.79 bits per heavy atom. The number of nitrogens with zero attached hydrogens (tertiary/aromatic N) is 4. The summed E-state index contributed by atoms with van der Waals surface area (Å²) in [4.78, 5) is 28.0. The largest absolute Gasteiger partial charge is 0.477 e. The van der Waals surface area contributed by atoms with Crippen molar-refractivity contribution < 1.29 is 18.7 Å². The number of amides is 2. The summed E-state index contributed by atoms with van der Waals surface area (Å²) in [5.74, 6) is 0.346. The van der Waals surface area contributed by atoms with E-state index in [9.17, 15) is 9.59 Å². The number of piperazine rings is 1. The molecule has 0 atom stereocenters. The van der Waals surface area contributed by atoms with E-state index in [1.54, 1.807) is 34.1 Å². The van der Waals surface area contributed by atoms with Crippen LogP contribution in [0.3, 0.4) is 0 Å². The van der Waals surface area contributed by atoms with Gasteiger partial charge in [0.1, 0.15) is 0 Å². The SMILES string of the molecule is CCOc1ccc(C(=O)N2CCN(C(=O)c3ccco3)CC2)nn1. The van der Waals surface area contributed by atoms with Crippen molar-refractivity contribution in [3.05, 3.63) is 42.0 Å². The highest BCUT2D eigenvalue weighted by Gasteiger charge is 2.27. The molecule has 1 saturated heterocycles. The highest BCUT2D eigenvalue weighted by molar-refractivity contribution is 5.93. The summed E-state index contributed by atoms with van der Waals surface area (Å²) in [6.45, 7) is 4.14. The summed E-state index contributed by atoms with van der Waals surface area (Å²) in [6, 6.07) is 6.54. The van der Waals surface area contributed by atoms with E-state index < -0.39 is 0 Å². The Morgan fingerprint density at radius 3 is 2.33 bits per heavy atom. The van der Waals surface area contributed by atoms with Crippen molar-refractivity contribution in [3.8, 4) is 5.88 Å². The Labute approximate surface area is 139 Å². The molecule has 2 amide bonds. The number of carbonyl (C=O) groups excluding carboxylic acids is 2. The highest BCUT2D eigenvalue weighted by atomic mass is 16.5. The van der Waals surface area contributed by atoms with Gasteiger partial charge in [-0.15, -0.1) is 10.2 Å². The molecule has 0 spiro atoms. The molecular weight excluding hydrogens is 312 g/mol. The van der Waals surface area contributed by atoms with E-state index in [1.807, 2.05) is 6.92 Å². The van der Waals surface area contributed by atoms with Gasteiger partial charge >= 0.3 is 0 Å². The standard InChI is InChI=1S/C16H18N4O4/c1-2-23-14-6-5-12(17-18-14)15(21)19-7-9-20(10-8-19)16(22)13-4-3-11-24-13/h3-6,11H,2,7-10H2,1H3. The molecule has 3 heterocycles. The summed E-state index contributed by atoms with van der Waals surface area (Å²) < 4.78 is 10.3. The van der Waals surface area contributed by atoms with Gasteiger partial charge in [0.15, 0.2) is 11.5 Å². The molecule has 3 rings (SSSR count). The first-order chi connectivity index (χ1) is 11.7. The van der Waals surface area contributed by atoms with Crippen molar-refractivity contribution >= 4 is 11.8 Å². The molecule has 126 valence electrons. The number of hydrogen-bond acceptors (Lipinski definition) is 6. The Balaban J connectivity index is 1.57. The van der Waals surface area contributed by atoms with Crippen molar-refractivity contribution in [2.45, 2.75) is 6.92 Å². The second-order valence-electron chi connectivity index (χ2n) is 5.25. The van der Waals surface area contributed by atoms with E-state index in [2.05, 4.69) is 10.2 Å². The van der Waals surface area contributed by atoms with Gasteiger partial charge in [0.05, 0.1) is 12.9 Å². The summed E-state index contributed by atoms with van der Waals surface area (Å²) in [7, 11) is 0. The minimum Gasteiger partial charge on any atom is -0.477 e. The normalized spacial score (nSPS) is 14.5. The summed E-state index contributed by atoms with van der Waals surface area (Å²) in [6.07, 6.45) is 1.47. The van der Waals surface area contributed by atoms with Crippen LogP contribution >= 0.6 is 0 Å². The van der Waals surface area contributed by atoms with Gasteiger partial charge < -0.3 is 19.0 Å². The average Bonchev–Trinajstić information content (AvgIpc) is 3.16. The third-order valence-electron chi connectivity index (χ3n) is 3.74. The van der Waals surface area contributed by atoms with E-state index >= 15 is 0 Å². The topological polar surface area (TPSA) is 88.8 Å². The van der Waals surface area contributed by atoms with Gasteiger partial charge in [0.2, 0.25) is 5.88 Å². The molecule has 8 nitrogen and oxygen atoms in total. The molecule has 2 aromatic rings. The first-order valence-electron chi connectivity index (χ1n) is 7.77. The van der Waals surface area contributed by atoms with Crippen LogP contribution < -0.4 is 4.74 Å². The quantitative estimate of drug-likeness (QED) is 0.833. The molecule has 1 fully saturated rings. The van der Waals surface area contributed by atoms with Gasteiger partial charge in [-0.3, -0.25) is 9.59 Å². The molecule has 0 saturated carbocycles. The van der Waals surface area contributed by atoms with Gasteiger partial charge in [-0.25, -0.2) is 0 Å². The number of ether oxygens (including phenoxy) is 1. The first kappa shape index (κ1) is 16.0. The van der Waals surface area contributed by atoms with Crippen LogP contribution in [-0.2, 0) is 0 Å². The smallest absolute Gasteiger partial charge is 0.289 e. The number of carbonyl (C=O) groups is 2. The number of aromatic nitrogens is 2. The third kappa shape index (κ3) is 3.37. The van der Waals surface area contributed by atoms with Crippen LogP contribution in [-0.4, -0.2) is 64.6 Å². The van der Waals surface area contributed by atoms with Crippen LogP contribution in [0.15, 0.2) is 34.9 Å². The molecule has 0 radical (unpaired) electrons. The van der Waals surface area contributed by atoms with Gasteiger partial charge in [-0.2, -0.15) is 0 Å². The Bertz CT molecular complexity index is 691. The zero-order valence-corrected chi connectivity index (χ0v) is 13.3. The van der Waals surface area contributed by atoms with Gasteiger partial charge in [-0.05, 0) is 25.1 Å². The Morgan fingerprint density at radius 1 is 1.08 bits per heavy atom. The fourth-order valence-electron chi connectivity index (χ4n) is 2.49. The van der Waals surface area contributed by atoms with Gasteiger partial charge in [-0.1, -0.05) is 0 Å². The van der Waals surface area contributed by atoms with E-state index in [0.717, 1.165) is 0 Å². The molecule has 0 unspecified atom stereocenters. The first-order valence-corrected chi connectivity index (χ1v) is 7.77. The van der Waals surface area contributed by atoms with Crippen LogP contribution in [0.25, 0.3) is 0 Å². The lowest BCUT2D eigenvalue weighted by atomic mass is 10.2. The van der Waals surface area contributed by atoms with Crippen LogP contribution in [0.2, 0.25) is 0 Å².